The molecule has 0 saturated carbocycles. The Morgan fingerprint density at radius 3 is 2.71 bits per heavy atom. The summed E-state index contributed by atoms with van der Waals surface area (Å²) in [5.41, 5.74) is 1.94. The van der Waals surface area contributed by atoms with E-state index in [-0.39, 0.29) is 6.10 Å². The first kappa shape index (κ1) is 16.2. The van der Waals surface area contributed by atoms with E-state index in [0.29, 0.717) is 19.8 Å². The van der Waals surface area contributed by atoms with E-state index < -0.39 is 6.29 Å². The minimum absolute atomic E-state index is 0.272. The zero-order chi connectivity index (χ0) is 15.1. The molecule has 21 heavy (non-hydrogen) atoms. The van der Waals surface area contributed by atoms with Crippen molar-refractivity contribution in [2.24, 2.45) is 0 Å². The summed E-state index contributed by atoms with van der Waals surface area (Å²) in [7, 11) is 1.68. The molecule has 0 amide bonds. The zero-order valence-corrected chi connectivity index (χ0v) is 12.8. The van der Waals surface area contributed by atoms with Crippen LogP contribution in [0.15, 0.2) is 24.3 Å². The molecular formula is C16H25NO4. The quantitative estimate of drug-likeness (QED) is 0.587. The number of methoxy groups -OCH3 is 1. The Labute approximate surface area is 126 Å². The normalized spacial score (nSPS) is 20.0. The van der Waals surface area contributed by atoms with Gasteiger partial charge in [0.25, 0.3) is 0 Å². The minimum Gasteiger partial charge on any atom is -0.382 e. The standard InChI is InChI=1S/C16H25NO4/c1-3-20-16(18)13-4-6-14(7-5-13)17-9-8-15(12-17)21-11-10-19-2/h4-7,15-16,18H,3,8-12H2,1-2H3/t15-,16?/m1/s1. The van der Waals surface area contributed by atoms with Crippen molar-refractivity contribution in [1.82, 2.24) is 0 Å². The highest BCUT2D eigenvalue weighted by Gasteiger charge is 2.23. The topological polar surface area (TPSA) is 51.2 Å². The molecule has 1 aliphatic heterocycles. The first-order chi connectivity index (χ1) is 10.2. The SMILES string of the molecule is CCOC(O)c1ccc(N2CC[C@@H](OCCOC)C2)cc1. The maximum atomic E-state index is 9.77. The monoisotopic (exact) mass is 295 g/mol. The molecule has 1 saturated heterocycles. The van der Waals surface area contributed by atoms with Gasteiger partial charge in [-0.2, -0.15) is 0 Å². The molecule has 1 N–H and O–H groups in total. The number of rotatable bonds is 8. The molecule has 1 aromatic rings. The molecular weight excluding hydrogens is 270 g/mol. The number of ether oxygens (including phenoxy) is 3. The Morgan fingerprint density at radius 1 is 1.29 bits per heavy atom. The zero-order valence-electron chi connectivity index (χ0n) is 12.8. The summed E-state index contributed by atoms with van der Waals surface area (Å²) in [5.74, 6) is 0. The Kier molecular flexibility index (Phi) is 6.45. The molecule has 118 valence electrons. The predicted octanol–water partition coefficient (Wildman–Crippen LogP) is 1.96. The molecule has 0 aromatic heterocycles. The maximum Gasteiger partial charge on any atom is 0.181 e. The van der Waals surface area contributed by atoms with E-state index >= 15 is 0 Å². The Bertz CT molecular complexity index is 409. The van der Waals surface area contributed by atoms with Crippen molar-refractivity contribution in [3.8, 4) is 0 Å². The smallest absolute Gasteiger partial charge is 0.181 e. The summed E-state index contributed by atoms with van der Waals surface area (Å²) in [4.78, 5) is 2.30. The lowest BCUT2D eigenvalue weighted by molar-refractivity contribution is -0.0979. The van der Waals surface area contributed by atoms with Crippen LogP contribution in [0.2, 0.25) is 0 Å². The van der Waals surface area contributed by atoms with Gasteiger partial charge in [0.15, 0.2) is 6.29 Å². The summed E-state index contributed by atoms with van der Waals surface area (Å²) in [6, 6.07) is 7.87. The summed E-state index contributed by atoms with van der Waals surface area (Å²) in [6.07, 6.45) is 0.467. The van der Waals surface area contributed by atoms with Crippen LogP contribution in [0, 0.1) is 0 Å². The van der Waals surface area contributed by atoms with E-state index in [4.69, 9.17) is 14.2 Å². The van der Waals surface area contributed by atoms with E-state index in [1.165, 1.54) is 0 Å². The van der Waals surface area contributed by atoms with Gasteiger partial charge in [-0.05, 0) is 25.5 Å². The van der Waals surface area contributed by atoms with Gasteiger partial charge in [0.2, 0.25) is 0 Å². The second kappa shape index (κ2) is 8.34. The number of nitrogens with zero attached hydrogens (tertiary/aromatic N) is 1. The highest BCUT2D eigenvalue weighted by molar-refractivity contribution is 5.48. The number of hydrogen-bond donors (Lipinski definition) is 1. The number of aliphatic hydroxyl groups excluding tert-OH is 1. The number of aliphatic hydroxyl groups is 1. The van der Waals surface area contributed by atoms with Gasteiger partial charge in [-0.15, -0.1) is 0 Å². The third-order valence-electron chi connectivity index (χ3n) is 3.65. The van der Waals surface area contributed by atoms with E-state index in [1.54, 1.807) is 7.11 Å². The molecule has 2 atom stereocenters. The Balaban J connectivity index is 1.85. The maximum absolute atomic E-state index is 9.77. The molecule has 5 nitrogen and oxygen atoms in total. The molecule has 0 radical (unpaired) electrons. The summed E-state index contributed by atoms with van der Waals surface area (Å²) in [5, 5.41) is 9.77. The van der Waals surface area contributed by atoms with E-state index in [1.807, 2.05) is 31.2 Å². The van der Waals surface area contributed by atoms with E-state index in [0.717, 1.165) is 30.8 Å². The number of anilines is 1. The summed E-state index contributed by atoms with van der Waals surface area (Å²) >= 11 is 0. The highest BCUT2D eigenvalue weighted by atomic mass is 16.6. The molecule has 1 fully saturated rings. The molecule has 2 rings (SSSR count). The molecule has 5 heteroatoms. The van der Waals surface area contributed by atoms with Crippen molar-refractivity contribution in [1.29, 1.82) is 0 Å². The van der Waals surface area contributed by atoms with Crippen molar-refractivity contribution in [2.75, 3.05) is 44.9 Å². The fourth-order valence-corrected chi connectivity index (χ4v) is 2.50. The van der Waals surface area contributed by atoms with E-state index in [9.17, 15) is 5.11 Å². The van der Waals surface area contributed by atoms with Crippen LogP contribution in [0.4, 0.5) is 5.69 Å². The Hall–Kier alpha value is -1.14. The van der Waals surface area contributed by atoms with Gasteiger partial charge in [0.1, 0.15) is 0 Å². The summed E-state index contributed by atoms with van der Waals surface area (Å²) < 4.78 is 15.9. The van der Waals surface area contributed by atoms with Gasteiger partial charge in [0.05, 0.1) is 19.3 Å². The fourth-order valence-electron chi connectivity index (χ4n) is 2.50. The van der Waals surface area contributed by atoms with Gasteiger partial charge in [0, 0.05) is 38.1 Å². The highest BCUT2D eigenvalue weighted by Crippen LogP contribution is 2.24. The molecule has 0 spiro atoms. The first-order valence-corrected chi connectivity index (χ1v) is 7.49. The molecule has 1 heterocycles. The number of hydrogen-bond acceptors (Lipinski definition) is 5. The van der Waals surface area contributed by atoms with Gasteiger partial charge >= 0.3 is 0 Å². The van der Waals surface area contributed by atoms with Crippen LogP contribution in [0.5, 0.6) is 0 Å². The van der Waals surface area contributed by atoms with Crippen LogP contribution in [0.25, 0.3) is 0 Å². The molecule has 1 aromatic carbocycles. The van der Waals surface area contributed by atoms with Crippen LogP contribution in [0.3, 0.4) is 0 Å². The van der Waals surface area contributed by atoms with Crippen LogP contribution in [-0.2, 0) is 14.2 Å². The van der Waals surface area contributed by atoms with Crippen molar-refractivity contribution >= 4 is 5.69 Å². The van der Waals surface area contributed by atoms with Crippen molar-refractivity contribution in [3.63, 3.8) is 0 Å². The fraction of sp³-hybridized carbons (Fsp3) is 0.625. The van der Waals surface area contributed by atoms with Gasteiger partial charge in [-0.3, -0.25) is 0 Å². The predicted molar refractivity (Wildman–Crippen MR) is 81.5 cm³/mol. The lowest BCUT2D eigenvalue weighted by Crippen LogP contribution is -2.23. The molecule has 0 aliphatic carbocycles. The van der Waals surface area contributed by atoms with Crippen molar-refractivity contribution in [2.45, 2.75) is 25.7 Å². The lowest BCUT2D eigenvalue weighted by atomic mass is 10.2. The molecule has 1 unspecified atom stereocenters. The lowest BCUT2D eigenvalue weighted by Gasteiger charge is -2.20. The van der Waals surface area contributed by atoms with E-state index in [2.05, 4.69) is 4.90 Å². The van der Waals surface area contributed by atoms with Gasteiger partial charge in [-0.25, -0.2) is 0 Å². The van der Waals surface area contributed by atoms with Crippen molar-refractivity contribution in [3.05, 3.63) is 29.8 Å². The third kappa shape index (κ3) is 4.68. The van der Waals surface area contributed by atoms with Crippen LogP contribution < -0.4 is 4.90 Å². The molecule has 1 aliphatic rings. The average Bonchev–Trinajstić information content (AvgIpc) is 2.97. The largest absolute Gasteiger partial charge is 0.382 e. The second-order valence-corrected chi connectivity index (χ2v) is 5.12. The summed E-state index contributed by atoms with van der Waals surface area (Å²) in [6.45, 7) is 5.54. The van der Waals surface area contributed by atoms with Crippen LogP contribution >= 0.6 is 0 Å². The average molecular weight is 295 g/mol. The minimum atomic E-state index is -0.840. The van der Waals surface area contributed by atoms with Gasteiger partial charge < -0.3 is 24.2 Å². The van der Waals surface area contributed by atoms with Crippen molar-refractivity contribution < 1.29 is 19.3 Å². The van der Waals surface area contributed by atoms with Crippen LogP contribution in [0.1, 0.15) is 25.2 Å². The first-order valence-electron chi connectivity index (χ1n) is 7.49. The van der Waals surface area contributed by atoms with Crippen LogP contribution in [-0.4, -0.2) is 51.2 Å². The second-order valence-electron chi connectivity index (χ2n) is 5.12. The Morgan fingerprint density at radius 2 is 2.05 bits per heavy atom. The van der Waals surface area contributed by atoms with Gasteiger partial charge in [-0.1, -0.05) is 12.1 Å². The third-order valence-corrected chi connectivity index (χ3v) is 3.65. The number of benzene rings is 1. The molecule has 0 bridgehead atoms.